The van der Waals surface area contributed by atoms with Gasteiger partial charge in [0.2, 0.25) is 5.91 Å². The average molecular weight is 371 g/mol. The number of benzene rings is 2. The lowest BCUT2D eigenvalue weighted by molar-refractivity contribution is -0.114. The first-order valence-electron chi connectivity index (χ1n) is 8.76. The predicted octanol–water partition coefficient (Wildman–Crippen LogP) is 2.51. The summed E-state index contributed by atoms with van der Waals surface area (Å²) in [6.07, 6.45) is 0. The highest BCUT2D eigenvalue weighted by Crippen LogP contribution is 2.17. The molecule has 144 valence electrons. The summed E-state index contributed by atoms with van der Waals surface area (Å²) >= 11 is 0. The Morgan fingerprint density at radius 1 is 1.04 bits per heavy atom. The van der Waals surface area contributed by atoms with E-state index in [9.17, 15) is 9.59 Å². The molecule has 27 heavy (non-hydrogen) atoms. The molecule has 0 unspecified atom stereocenters. The van der Waals surface area contributed by atoms with E-state index in [1.54, 1.807) is 31.4 Å². The van der Waals surface area contributed by atoms with Gasteiger partial charge in [-0.3, -0.25) is 9.59 Å². The largest absolute Gasteiger partial charge is 0.494 e. The first-order valence-corrected chi connectivity index (χ1v) is 8.76. The molecule has 0 aliphatic rings. The minimum atomic E-state index is -0.186. The SMILES string of the molecule is CCOc1cccc(NCC(=O)Nc2ccc(C(=O)NCCOC)cc2)c1. The number of amides is 2. The highest BCUT2D eigenvalue weighted by molar-refractivity contribution is 5.96. The lowest BCUT2D eigenvalue weighted by Crippen LogP contribution is -2.27. The number of hydrogen-bond acceptors (Lipinski definition) is 5. The van der Waals surface area contributed by atoms with Crippen molar-refractivity contribution >= 4 is 23.2 Å². The van der Waals surface area contributed by atoms with Crippen LogP contribution in [0.3, 0.4) is 0 Å². The number of ether oxygens (including phenoxy) is 2. The van der Waals surface area contributed by atoms with E-state index in [1.807, 2.05) is 31.2 Å². The van der Waals surface area contributed by atoms with Crippen LogP contribution in [0.25, 0.3) is 0 Å². The zero-order valence-corrected chi connectivity index (χ0v) is 15.6. The maximum Gasteiger partial charge on any atom is 0.251 e. The topological polar surface area (TPSA) is 88.7 Å². The molecule has 0 saturated heterocycles. The molecule has 3 N–H and O–H groups in total. The van der Waals surface area contributed by atoms with Gasteiger partial charge in [0.25, 0.3) is 5.91 Å². The molecule has 7 heteroatoms. The number of methoxy groups -OCH3 is 1. The molecule has 0 aromatic heterocycles. The maximum absolute atomic E-state index is 12.1. The number of hydrogen-bond donors (Lipinski definition) is 3. The highest BCUT2D eigenvalue weighted by atomic mass is 16.5. The van der Waals surface area contributed by atoms with Gasteiger partial charge in [0.1, 0.15) is 5.75 Å². The minimum absolute atomic E-state index is 0.120. The molecular formula is C20H25N3O4. The third-order valence-electron chi connectivity index (χ3n) is 3.62. The van der Waals surface area contributed by atoms with Crippen LogP contribution in [0.5, 0.6) is 5.75 Å². The first-order chi connectivity index (χ1) is 13.1. The molecule has 2 aromatic rings. The molecule has 0 fully saturated rings. The van der Waals surface area contributed by atoms with Crippen LogP contribution in [0, 0.1) is 0 Å². The Labute approximate surface area is 159 Å². The molecule has 0 spiro atoms. The molecular weight excluding hydrogens is 346 g/mol. The molecule has 2 aromatic carbocycles. The van der Waals surface area contributed by atoms with E-state index in [2.05, 4.69) is 16.0 Å². The molecule has 0 aliphatic carbocycles. The molecule has 0 bridgehead atoms. The molecule has 0 saturated carbocycles. The van der Waals surface area contributed by atoms with Crippen LogP contribution >= 0.6 is 0 Å². The smallest absolute Gasteiger partial charge is 0.251 e. The van der Waals surface area contributed by atoms with Gasteiger partial charge >= 0.3 is 0 Å². The van der Waals surface area contributed by atoms with Crippen molar-refractivity contribution in [1.29, 1.82) is 0 Å². The fourth-order valence-electron chi connectivity index (χ4n) is 2.32. The van der Waals surface area contributed by atoms with Gasteiger partial charge in [0.05, 0.1) is 19.8 Å². The van der Waals surface area contributed by atoms with Crippen molar-refractivity contribution in [3.8, 4) is 5.75 Å². The Kier molecular flexibility index (Phi) is 8.12. The molecule has 7 nitrogen and oxygen atoms in total. The predicted molar refractivity (Wildman–Crippen MR) is 105 cm³/mol. The fraction of sp³-hybridized carbons (Fsp3) is 0.300. The molecule has 2 amide bonds. The van der Waals surface area contributed by atoms with Crippen molar-refractivity contribution < 1.29 is 19.1 Å². The van der Waals surface area contributed by atoms with Gasteiger partial charge in [-0.2, -0.15) is 0 Å². The van der Waals surface area contributed by atoms with E-state index in [0.717, 1.165) is 11.4 Å². The second kappa shape index (κ2) is 10.8. The highest BCUT2D eigenvalue weighted by Gasteiger charge is 2.06. The number of rotatable bonds is 10. The number of carbonyl (C=O) groups is 2. The molecule has 2 rings (SSSR count). The molecule has 0 atom stereocenters. The first kappa shape index (κ1) is 20.3. The van der Waals surface area contributed by atoms with E-state index < -0.39 is 0 Å². The van der Waals surface area contributed by atoms with Crippen LogP contribution in [0.1, 0.15) is 17.3 Å². The van der Waals surface area contributed by atoms with E-state index in [1.165, 1.54) is 0 Å². The summed E-state index contributed by atoms with van der Waals surface area (Å²) in [5.41, 5.74) is 1.95. The summed E-state index contributed by atoms with van der Waals surface area (Å²) in [7, 11) is 1.58. The van der Waals surface area contributed by atoms with E-state index in [0.29, 0.717) is 31.0 Å². The molecule has 0 radical (unpaired) electrons. The van der Waals surface area contributed by atoms with Gasteiger partial charge in [0.15, 0.2) is 0 Å². The average Bonchev–Trinajstić information content (AvgIpc) is 2.68. The Balaban J connectivity index is 1.81. The van der Waals surface area contributed by atoms with Crippen LogP contribution in [0.2, 0.25) is 0 Å². The molecule has 0 heterocycles. The summed E-state index contributed by atoms with van der Waals surface area (Å²) < 4.78 is 10.3. The second-order valence-electron chi connectivity index (χ2n) is 5.69. The maximum atomic E-state index is 12.1. The van der Waals surface area contributed by atoms with Gasteiger partial charge in [0, 0.05) is 36.7 Å². The van der Waals surface area contributed by atoms with Crippen LogP contribution in [-0.2, 0) is 9.53 Å². The Bertz CT molecular complexity index is 747. The zero-order chi connectivity index (χ0) is 19.5. The standard InChI is InChI=1S/C20H25N3O4/c1-3-27-18-6-4-5-17(13-18)22-14-19(24)23-16-9-7-15(8-10-16)20(25)21-11-12-26-2/h4-10,13,22H,3,11-12,14H2,1-2H3,(H,21,25)(H,23,24). The van der Waals surface area contributed by atoms with Gasteiger partial charge in [-0.25, -0.2) is 0 Å². The van der Waals surface area contributed by atoms with Gasteiger partial charge in [-0.15, -0.1) is 0 Å². The van der Waals surface area contributed by atoms with Gasteiger partial charge < -0.3 is 25.4 Å². The van der Waals surface area contributed by atoms with Crippen molar-refractivity contribution in [3.05, 3.63) is 54.1 Å². The third kappa shape index (κ3) is 6.99. The van der Waals surface area contributed by atoms with Crippen LogP contribution in [0.4, 0.5) is 11.4 Å². The van der Waals surface area contributed by atoms with E-state index >= 15 is 0 Å². The summed E-state index contributed by atoms with van der Waals surface area (Å²) in [5.74, 6) is 0.386. The lowest BCUT2D eigenvalue weighted by atomic mass is 10.2. The summed E-state index contributed by atoms with van der Waals surface area (Å²) in [4.78, 5) is 24.0. The van der Waals surface area contributed by atoms with Gasteiger partial charge in [-0.05, 0) is 43.3 Å². The fourth-order valence-corrected chi connectivity index (χ4v) is 2.32. The number of anilines is 2. The Hall–Kier alpha value is -3.06. The number of nitrogens with one attached hydrogen (secondary N) is 3. The zero-order valence-electron chi connectivity index (χ0n) is 15.6. The van der Waals surface area contributed by atoms with E-state index in [4.69, 9.17) is 9.47 Å². The van der Waals surface area contributed by atoms with Crippen molar-refractivity contribution in [2.24, 2.45) is 0 Å². The van der Waals surface area contributed by atoms with E-state index in [-0.39, 0.29) is 18.4 Å². The summed E-state index contributed by atoms with van der Waals surface area (Å²) in [6.45, 7) is 3.53. The third-order valence-corrected chi connectivity index (χ3v) is 3.62. The summed E-state index contributed by atoms with van der Waals surface area (Å²) in [5, 5.41) is 8.58. The van der Waals surface area contributed by atoms with Crippen molar-refractivity contribution in [3.63, 3.8) is 0 Å². The van der Waals surface area contributed by atoms with Crippen LogP contribution in [-0.4, -0.2) is 45.2 Å². The van der Waals surface area contributed by atoms with Crippen molar-refractivity contribution in [2.75, 3.05) is 44.0 Å². The minimum Gasteiger partial charge on any atom is -0.494 e. The quantitative estimate of drug-likeness (QED) is 0.559. The van der Waals surface area contributed by atoms with Gasteiger partial charge in [-0.1, -0.05) is 6.07 Å². The van der Waals surface area contributed by atoms with Crippen LogP contribution < -0.4 is 20.7 Å². The molecule has 0 aliphatic heterocycles. The second-order valence-corrected chi connectivity index (χ2v) is 5.69. The monoisotopic (exact) mass is 371 g/mol. The Morgan fingerprint density at radius 2 is 1.81 bits per heavy atom. The van der Waals surface area contributed by atoms with Crippen molar-refractivity contribution in [1.82, 2.24) is 5.32 Å². The van der Waals surface area contributed by atoms with Crippen molar-refractivity contribution in [2.45, 2.75) is 6.92 Å². The summed E-state index contributed by atoms with van der Waals surface area (Å²) in [6, 6.07) is 14.1. The van der Waals surface area contributed by atoms with Crippen LogP contribution in [0.15, 0.2) is 48.5 Å². The lowest BCUT2D eigenvalue weighted by Gasteiger charge is -2.10. The Morgan fingerprint density at radius 3 is 2.52 bits per heavy atom. The normalized spacial score (nSPS) is 10.1. The number of carbonyl (C=O) groups excluding carboxylic acids is 2.